The minimum absolute atomic E-state index is 0.000863. The Kier molecular flexibility index (Phi) is 17.5. The number of ether oxygens (including phenoxy) is 1. The van der Waals surface area contributed by atoms with Gasteiger partial charge in [-0.3, -0.25) is 13.9 Å². The van der Waals surface area contributed by atoms with E-state index in [1.165, 1.54) is 82.9 Å². The Bertz CT molecular complexity index is 1150. The SMILES string of the molecule is CCCCCCCCCCCCCCCCCC(=O)Nc1ccn([C@@H]2O[C@H](COP(=O)(O)OP(=O)(O)O)[C@@H](O)[C@H]2O)c(=O)n1. The molecule has 0 bridgehead atoms. The summed E-state index contributed by atoms with van der Waals surface area (Å²) in [4.78, 5) is 55.3. The van der Waals surface area contributed by atoms with Gasteiger partial charge in [0.15, 0.2) is 6.23 Å². The fourth-order valence-electron chi connectivity index (χ4n) is 4.96. The number of anilines is 1. The van der Waals surface area contributed by atoms with Crippen LogP contribution in [-0.2, 0) is 27.5 Å². The molecule has 1 saturated heterocycles. The summed E-state index contributed by atoms with van der Waals surface area (Å²) in [5.74, 6) is -0.291. The Labute approximate surface area is 258 Å². The Morgan fingerprint density at radius 1 is 0.909 bits per heavy atom. The van der Waals surface area contributed by atoms with Crippen LogP contribution in [-0.4, -0.2) is 65.3 Å². The monoisotopic (exact) mass is 669 g/mol. The molecule has 0 saturated carbocycles. The lowest BCUT2D eigenvalue weighted by Gasteiger charge is -2.18. The van der Waals surface area contributed by atoms with E-state index in [1.54, 1.807) is 0 Å². The fraction of sp³-hybridized carbons (Fsp3) is 0.815. The highest BCUT2D eigenvalue weighted by Gasteiger charge is 2.45. The van der Waals surface area contributed by atoms with Crippen molar-refractivity contribution in [3.05, 3.63) is 22.7 Å². The molecule has 1 aromatic heterocycles. The van der Waals surface area contributed by atoms with Crippen molar-refractivity contribution < 1.29 is 52.4 Å². The number of unbranched alkanes of at least 4 members (excludes halogenated alkanes) is 14. The number of rotatable bonds is 23. The normalized spacial score (nSPS) is 21.8. The van der Waals surface area contributed by atoms with Crippen LogP contribution in [0.4, 0.5) is 5.82 Å². The van der Waals surface area contributed by atoms with Gasteiger partial charge in [0.1, 0.15) is 24.1 Å². The van der Waals surface area contributed by atoms with E-state index >= 15 is 0 Å². The van der Waals surface area contributed by atoms with Crippen molar-refractivity contribution in [2.75, 3.05) is 11.9 Å². The number of aliphatic hydroxyl groups excluding tert-OH is 2. The largest absolute Gasteiger partial charge is 0.481 e. The van der Waals surface area contributed by atoms with Gasteiger partial charge in [0.2, 0.25) is 5.91 Å². The highest BCUT2D eigenvalue weighted by Crippen LogP contribution is 2.57. The molecule has 44 heavy (non-hydrogen) atoms. The predicted octanol–water partition coefficient (Wildman–Crippen LogP) is 4.29. The van der Waals surface area contributed by atoms with Gasteiger partial charge in [-0.1, -0.05) is 96.8 Å². The number of aromatic nitrogens is 2. The number of hydrogen-bond acceptors (Lipinski definition) is 10. The summed E-state index contributed by atoms with van der Waals surface area (Å²) < 4.78 is 36.7. The van der Waals surface area contributed by atoms with Crippen molar-refractivity contribution in [3.63, 3.8) is 0 Å². The number of carbonyl (C=O) groups excluding carboxylic acids is 1. The number of nitrogens with one attached hydrogen (secondary N) is 1. The summed E-state index contributed by atoms with van der Waals surface area (Å²) in [6.45, 7) is 1.33. The third-order valence-corrected chi connectivity index (χ3v) is 9.48. The summed E-state index contributed by atoms with van der Waals surface area (Å²) in [7, 11) is -10.6. The maximum absolute atomic E-state index is 12.6. The van der Waals surface area contributed by atoms with Crippen molar-refractivity contribution in [3.8, 4) is 0 Å². The first-order valence-electron chi connectivity index (χ1n) is 15.5. The summed E-state index contributed by atoms with van der Waals surface area (Å²) in [5.41, 5.74) is -0.912. The molecule has 254 valence electrons. The highest BCUT2D eigenvalue weighted by molar-refractivity contribution is 7.60. The van der Waals surface area contributed by atoms with Gasteiger partial charge in [-0.05, 0) is 12.5 Å². The predicted molar refractivity (Wildman–Crippen MR) is 162 cm³/mol. The molecule has 0 radical (unpaired) electrons. The van der Waals surface area contributed by atoms with Crippen molar-refractivity contribution in [2.24, 2.45) is 0 Å². The lowest BCUT2D eigenvalue weighted by molar-refractivity contribution is -0.116. The molecule has 1 unspecified atom stereocenters. The van der Waals surface area contributed by atoms with E-state index in [-0.39, 0.29) is 18.1 Å². The third-order valence-electron chi connectivity index (χ3n) is 7.33. The number of carbonyl (C=O) groups is 1. The number of nitrogens with zero attached hydrogens (tertiary/aromatic N) is 2. The molecule has 1 aliphatic heterocycles. The molecule has 2 heterocycles. The second-order valence-corrected chi connectivity index (χ2v) is 14.0. The van der Waals surface area contributed by atoms with E-state index < -0.39 is 52.5 Å². The van der Waals surface area contributed by atoms with Crippen LogP contribution >= 0.6 is 15.6 Å². The summed E-state index contributed by atoms with van der Waals surface area (Å²) in [6.07, 6.45) is 13.5. The molecule has 0 spiro atoms. The van der Waals surface area contributed by atoms with Crippen molar-refractivity contribution >= 4 is 27.4 Å². The molecule has 1 amide bonds. The van der Waals surface area contributed by atoms with Gasteiger partial charge >= 0.3 is 21.3 Å². The molecule has 17 heteroatoms. The number of hydrogen-bond donors (Lipinski definition) is 6. The molecular weight excluding hydrogens is 620 g/mol. The Hall–Kier alpha value is -1.51. The van der Waals surface area contributed by atoms with Crippen molar-refractivity contribution in [1.82, 2.24) is 9.55 Å². The average molecular weight is 670 g/mol. The van der Waals surface area contributed by atoms with Crippen LogP contribution in [0.3, 0.4) is 0 Å². The van der Waals surface area contributed by atoms with E-state index in [1.807, 2.05) is 0 Å². The van der Waals surface area contributed by atoms with Gasteiger partial charge in [0.25, 0.3) is 0 Å². The molecule has 1 aliphatic rings. The van der Waals surface area contributed by atoms with E-state index in [0.717, 1.165) is 23.8 Å². The minimum Gasteiger partial charge on any atom is -0.387 e. The summed E-state index contributed by atoms with van der Waals surface area (Å²) >= 11 is 0. The number of amides is 1. The number of phosphoric ester groups is 1. The second kappa shape index (κ2) is 19.9. The maximum atomic E-state index is 12.6. The van der Waals surface area contributed by atoms with Crippen LogP contribution in [0.25, 0.3) is 0 Å². The molecule has 0 aliphatic carbocycles. The Morgan fingerprint density at radius 2 is 1.43 bits per heavy atom. The molecule has 2 rings (SSSR count). The Morgan fingerprint density at radius 3 is 1.93 bits per heavy atom. The zero-order valence-electron chi connectivity index (χ0n) is 25.4. The van der Waals surface area contributed by atoms with Gasteiger partial charge in [-0.15, -0.1) is 0 Å². The lowest BCUT2D eigenvalue weighted by atomic mass is 10.0. The molecular formula is C27H49N3O12P2. The lowest BCUT2D eigenvalue weighted by Crippen LogP contribution is -2.36. The zero-order valence-corrected chi connectivity index (χ0v) is 27.2. The quantitative estimate of drug-likeness (QED) is 0.0707. The van der Waals surface area contributed by atoms with E-state index in [9.17, 15) is 33.8 Å². The average Bonchev–Trinajstić information content (AvgIpc) is 3.21. The molecule has 15 nitrogen and oxygen atoms in total. The molecule has 1 aromatic rings. The second-order valence-electron chi connectivity index (χ2n) is 11.1. The van der Waals surface area contributed by atoms with Crippen molar-refractivity contribution in [2.45, 2.75) is 134 Å². The first kappa shape index (κ1) is 38.7. The van der Waals surface area contributed by atoms with Crippen LogP contribution in [0.15, 0.2) is 17.1 Å². The van der Waals surface area contributed by atoms with Crippen LogP contribution in [0, 0.1) is 0 Å². The molecule has 5 atom stereocenters. The van der Waals surface area contributed by atoms with Crippen LogP contribution < -0.4 is 11.0 Å². The van der Waals surface area contributed by atoms with Gasteiger partial charge in [0.05, 0.1) is 6.61 Å². The van der Waals surface area contributed by atoms with Crippen LogP contribution in [0.5, 0.6) is 0 Å². The van der Waals surface area contributed by atoms with Gasteiger partial charge in [-0.25, -0.2) is 13.9 Å². The van der Waals surface area contributed by atoms with Gasteiger partial charge < -0.3 is 34.9 Å². The Balaban J connectivity index is 1.65. The molecule has 0 aromatic carbocycles. The van der Waals surface area contributed by atoms with Gasteiger partial charge in [0, 0.05) is 12.6 Å². The van der Waals surface area contributed by atoms with E-state index in [2.05, 4.69) is 26.1 Å². The first-order chi connectivity index (χ1) is 20.8. The number of phosphoric acid groups is 2. The third kappa shape index (κ3) is 15.2. The van der Waals surface area contributed by atoms with Crippen molar-refractivity contribution in [1.29, 1.82) is 0 Å². The molecule has 6 N–H and O–H groups in total. The maximum Gasteiger partial charge on any atom is 0.481 e. The topological polar surface area (TPSA) is 227 Å². The minimum atomic E-state index is -5.35. The standard InChI is InChI=1S/C27H49N3O12P2/c1-2-3-4-5-6-7-8-9-10-11-12-13-14-15-16-17-23(31)28-22-18-19-30(27(34)29-22)26-25(33)24(32)21(41-26)20-40-44(38,39)42-43(35,36)37/h18-19,21,24-26,32-33H,2-17,20H2,1H3,(H,38,39)(H2,35,36,37)(H,28,29,31,34)/t21-,24-,25-,26-/m1/s1. The number of aliphatic hydroxyl groups is 2. The van der Waals surface area contributed by atoms with E-state index in [4.69, 9.17) is 14.5 Å². The smallest absolute Gasteiger partial charge is 0.387 e. The zero-order chi connectivity index (χ0) is 32.6. The van der Waals surface area contributed by atoms with Crippen LogP contribution in [0.1, 0.15) is 116 Å². The van der Waals surface area contributed by atoms with E-state index in [0.29, 0.717) is 6.42 Å². The fourth-order valence-corrected chi connectivity index (χ4v) is 6.56. The molecule has 1 fully saturated rings. The summed E-state index contributed by atoms with van der Waals surface area (Å²) in [6, 6.07) is 1.31. The first-order valence-corrected chi connectivity index (χ1v) is 18.5. The van der Waals surface area contributed by atoms with Gasteiger partial charge in [-0.2, -0.15) is 9.29 Å². The van der Waals surface area contributed by atoms with Crippen LogP contribution in [0.2, 0.25) is 0 Å². The summed E-state index contributed by atoms with van der Waals surface area (Å²) in [5, 5.41) is 23.1. The highest BCUT2D eigenvalue weighted by atomic mass is 31.3.